The number of benzene rings is 2. The summed E-state index contributed by atoms with van der Waals surface area (Å²) < 4.78 is 2.22. The number of Topliss-reactive ketones (excluding diaryl/α,β-unsaturated/α-hetero) is 1. The van der Waals surface area contributed by atoms with Crippen molar-refractivity contribution in [2.45, 2.75) is 69.2 Å². The van der Waals surface area contributed by atoms with Gasteiger partial charge in [-0.2, -0.15) is 0 Å². The summed E-state index contributed by atoms with van der Waals surface area (Å²) in [6.07, 6.45) is 3.81. The van der Waals surface area contributed by atoms with Crippen LogP contribution >= 0.6 is 11.3 Å². The van der Waals surface area contributed by atoms with Crippen LogP contribution in [-0.4, -0.2) is 16.1 Å². The summed E-state index contributed by atoms with van der Waals surface area (Å²) in [6.45, 7) is 21.0. The molecular formula is C33H39N3OS. The first-order valence-corrected chi connectivity index (χ1v) is 14.0. The molecule has 5 heteroatoms. The van der Waals surface area contributed by atoms with Gasteiger partial charge in [-0.15, -0.1) is 21.5 Å². The van der Waals surface area contributed by atoms with Crippen molar-refractivity contribution in [1.82, 2.24) is 4.57 Å². The predicted molar refractivity (Wildman–Crippen MR) is 161 cm³/mol. The van der Waals surface area contributed by atoms with Gasteiger partial charge in [-0.1, -0.05) is 89.1 Å². The van der Waals surface area contributed by atoms with Gasteiger partial charge in [0, 0.05) is 16.5 Å². The van der Waals surface area contributed by atoms with Crippen LogP contribution in [0.5, 0.6) is 0 Å². The number of nitrogens with zero attached hydrogens (tertiary/aromatic N) is 3. The molecule has 0 N–H and O–H groups in total. The molecule has 0 saturated heterocycles. The molecule has 1 aromatic heterocycles. The molecule has 0 amide bonds. The topological polar surface area (TPSA) is 46.7 Å². The largest absolute Gasteiger partial charge is 0.289 e. The number of hydrogen-bond acceptors (Lipinski definition) is 4. The van der Waals surface area contributed by atoms with Gasteiger partial charge in [-0.05, 0) is 67.4 Å². The van der Waals surface area contributed by atoms with Crippen molar-refractivity contribution in [3.05, 3.63) is 92.1 Å². The summed E-state index contributed by atoms with van der Waals surface area (Å²) >= 11 is 1.57. The molecule has 0 aliphatic heterocycles. The Labute approximate surface area is 231 Å². The summed E-state index contributed by atoms with van der Waals surface area (Å²) in [5.74, 6) is 0.0997. The fourth-order valence-corrected chi connectivity index (χ4v) is 5.78. The van der Waals surface area contributed by atoms with E-state index in [1.54, 1.807) is 11.3 Å². The van der Waals surface area contributed by atoms with E-state index in [0.29, 0.717) is 5.71 Å². The standard InChI is InChI=1S/C33H39N3OS/c1-20-11-13-24(14-12-20)28-19-38-31(36(28)29-22(3)15-21(2)16-23(29)4)35-34-25-17-26(32(5,6)7)30(37)27(18-25)33(8,9)10/h11-19H,1-10H3/b35-31+. The van der Waals surface area contributed by atoms with Gasteiger partial charge in [-0.3, -0.25) is 9.36 Å². The van der Waals surface area contributed by atoms with E-state index in [1.165, 1.54) is 22.3 Å². The number of carbonyl (C=O) groups is 1. The summed E-state index contributed by atoms with van der Waals surface area (Å²) in [5.41, 5.74) is 9.84. The normalized spacial score (nSPS) is 15.1. The molecule has 0 spiro atoms. The Kier molecular flexibility index (Phi) is 7.37. The number of allylic oxidation sites excluding steroid dienone is 4. The highest BCUT2D eigenvalue weighted by atomic mass is 32.1. The Morgan fingerprint density at radius 3 is 1.76 bits per heavy atom. The van der Waals surface area contributed by atoms with Crippen molar-refractivity contribution in [1.29, 1.82) is 0 Å². The lowest BCUT2D eigenvalue weighted by Gasteiger charge is -2.30. The highest BCUT2D eigenvalue weighted by Crippen LogP contribution is 2.37. The van der Waals surface area contributed by atoms with Gasteiger partial charge in [-0.25, -0.2) is 0 Å². The number of hydrogen-bond donors (Lipinski definition) is 0. The van der Waals surface area contributed by atoms with Crippen LogP contribution in [0.1, 0.15) is 63.8 Å². The Hall–Kier alpha value is -3.31. The van der Waals surface area contributed by atoms with Gasteiger partial charge in [0.2, 0.25) is 4.80 Å². The second kappa shape index (κ2) is 10.1. The molecule has 0 saturated carbocycles. The molecule has 198 valence electrons. The van der Waals surface area contributed by atoms with Crippen LogP contribution < -0.4 is 4.80 Å². The van der Waals surface area contributed by atoms with Gasteiger partial charge >= 0.3 is 0 Å². The minimum Gasteiger partial charge on any atom is -0.289 e. The molecule has 0 radical (unpaired) electrons. The van der Waals surface area contributed by atoms with Crippen LogP contribution in [0, 0.1) is 38.5 Å². The number of aryl methyl sites for hydroxylation is 4. The van der Waals surface area contributed by atoms with Crippen LogP contribution in [0.25, 0.3) is 16.9 Å². The van der Waals surface area contributed by atoms with E-state index in [2.05, 4.69) is 116 Å². The number of rotatable bonds is 3. The van der Waals surface area contributed by atoms with E-state index in [4.69, 9.17) is 10.2 Å². The maximum absolute atomic E-state index is 13.3. The van der Waals surface area contributed by atoms with Gasteiger partial charge < -0.3 is 0 Å². The highest BCUT2D eigenvalue weighted by Gasteiger charge is 2.34. The third-order valence-electron chi connectivity index (χ3n) is 6.86. The zero-order valence-electron chi connectivity index (χ0n) is 24.4. The van der Waals surface area contributed by atoms with Crippen molar-refractivity contribution in [3.8, 4) is 16.9 Å². The molecule has 0 fully saturated rings. The lowest BCUT2D eigenvalue weighted by Crippen LogP contribution is -2.29. The second-order valence-corrected chi connectivity index (χ2v) is 13.3. The molecular weight excluding hydrogens is 486 g/mol. The van der Waals surface area contributed by atoms with Crippen molar-refractivity contribution < 1.29 is 4.79 Å². The molecule has 1 aliphatic rings. The quantitative estimate of drug-likeness (QED) is 0.251. The smallest absolute Gasteiger partial charge is 0.215 e. The molecule has 0 bridgehead atoms. The maximum atomic E-state index is 13.3. The van der Waals surface area contributed by atoms with Crippen LogP contribution in [0.4, 0.5) is 0 Å². The average Bonchev–Trinajstić information content (AvgIpc) is 3.20. The summed E-state index contributed by atoms with van der Waals surface area (Å²) in [7, 11) is 0. The van der Waals surface area contributed by atoms with Gasteiger partial charge in [0.15, 0.2) is 5.78 Å². The Morgan fingerprint density at radius 2 is 1.26 bits per heavy atom. The number of aromatic nitrogens is 1. The molecule has 4 rings (SSSR count). The molecule has 38 heavy (non-hydrogen) atoms. The van der Waals surface area contributed by atoms with E-state index in [0.717, 1.165) is 32.9 Å². The van der Waals surface area contributed by atoms with Gasteiger partial charge in [0.1, 0.15) is 0 Å². The zero-order valence-corrected chi connectivity index (χ0v) is 25.2. The first kappa shape index (κ1) is 27.7. The second-order valence-electron chi connectivity index (χ2n) is 12.4. The van der Waals surface area contributed by atoms with Crippen molar-refractivity contribution in [2.75, 3.05) is 0 Å². The highest BCUT2D eigenvalue weighted by molar-refractivity contribution is 7.07. The third kappa shape index (κ3) is 5.58. The minimum absolute atomic E-state index is 0.0997. The predicted octanol–water partition coefficient (Wildman–Crippen LogP) is 8.22. The molecule has 0 atom stereocenters. The summed E-state index contributed by atoms with van der Waals surface area (Å²) in [6, 6.07) is 13.0. The third-order valence-corrected chi connectivity index (χ3v) is 7.67. The summed E-state index contributed by atoms with van der Waals surface area (Å²) in [4.78, 5) is 14.1. The minimum atomic E-state index is -0.291. The Balaban J connectivity index is 1.98. The van der Waals surface area contributed by atoms with E-state index in [-0.39, 0.29) is 16.6 Å². The van der Waals surface area contributed by atoms with Gasteiger partial charge in [0.05, 0.1) is 17.1 Å². The zero-order chi connectivity index (χ0) is 28.0. The SMILES string of the molecule is Cc1ccc(-c2cs/c(=N/N=C3C=C(C(C)(C)C)C(=O)C(C(C)(C)C)=C3)n2-c2c(C)cc(C)cc2C)cc1. The van der Waals surface area contributed by atoms with Crippen LogP contribution in [0.15, 0.2) is 75.3 Å². The molecule has 2 aromatic carbocycles. The van der Waals surface area contributed by atoms with E-state index < -0.39 is 0 Å². The van der Waals surface area contributed by atoms with Crippen LogP contribution in [0.2, 0.25) is 0 Å². The fourth-order valence-electron chi connectivity index (χ4n) is 4.93. The number of thiazole rings is 1. The van der Waals surface area contributed by atoms with E-state index >= 15 is 0 Å². The lowest BCUT2D eigenvalue weighted by molar-refractivity contribution is -0.114. The first-order chi connectivity index (χ1) is 17.7. The molecule has 4 nitrogen and oxygen atoms in total. The molecule has 1 aliphatic carbocycles. The van der Waals surface area contributed by atoms with Crippen LogP contribution in [0.3, 0.4) is 0 Å². The fraction of sp³-hybridized carbons (Fsp3) is 0.364. The molecule has 0 unspecified atom stereocenters. The monoisotopic (exact) mass is 525 g/mol. The Morgan fingerprint density at radius 1 is 0.737 bits per heavy atom. The number of ketones is 1. The van der Waals surface area contributed by atoms with Crippen molar-refractivity contribution >= 4 is 22.8 Å². The maximum Gasteiger partial charge on any atom is 0.215 e. The Bertz CT molecular complexity index is 1500. The average molecular weight is 526 g/mol. The van der Waals surface area contributed by atoms with Gasteiger partial charge in [0.25, 0.3) is 0 Å². The first-order valence-electron chi connectivity index (χ1n) is 13.1. The van der Waals surface area contributed by atoms with Crippen molar-refractivity contribution in [3.63, 3.8) is 0 Å². The summed E-state index contributed by atoms with van der Waals surface area (Å²) in [5, 5.41) is 11.7. The van der Waals surface area contributed by atoms with E-state index in [9.17, 15) is 4.79 Å². The van der Waals surface area contributed by atoms with E-state index in [1.807, 2.05) is 12.2 Å². The molecule has 3 aromatic rings. The van der Waals surface area contributed by atoms with Crippen molar-refractivity contribution in [2.24, 2.45) is 21.0 Å². The lowest BCUT2D eigenvalue weighted by atomic mass is 9.72. The van der Waals surface area contributed by atoms with Crippen LogP contribution in [-0.2, 0) is 4.79 Å². The molecule has 1 heterocycles. The number of carbonyl (C=O) groups excluding carboxylic acids is 1.